The van der Waals surface area contributed by atoms with E-state index >= 15 is 0 Å². The number of hydrogen-bond acceptors (Lipinski definition) is 10. The first-order valence-corrected chi connectivity index (χ1v) is 11.3. The minimum atomic E-state index is -0.896. The van der Waals surface area contributed by atoms with E-state index in [1.165, 1.54) is 13.3 Å². The molecule has 3 heterocycles. The molecule has 11 nitrogen and oxygen atoms in total. The second-order valence-electron chi connectivity index (χ2n) is 8.27. The van der Waals surface area contributed by atoms with E-state index in [4.69, 9.17) is 19.9 Å². The lowest BCUT2D eigenvalue weighted by atomic mass is 10.2. The van der Waals surface area contributed by atoms with Crippen molar-refractivity contribution in [2.45, 2.75) is 64.2 Å². The summed E-state index contributed by atoms with van der Waals surface area (Å²) in [5, 5.41) is 2.50. The Morgan fingerprint density at radius 1 is 1.39 bits per heavy atom. The third kappa shape index (κ3) is 5.56. The number of fused-ring (bicyclic) bond motifs is 1. The summed E-state index contributed by atoms with van der Waals surface area (Å²) < 4.78 is 18.8. The van der Waals surface area contributed by atoms with Gasteiger partial charge in [-0.3, -0.25) is 4.57 Å². The Balaban J connectivity index is 1.75. The third-order valence-corrected chi connectivity index (χ3v) is 5.22. The molecular formula is C19H28N6O5S. The van der Waals surface area contributed by atoms with Crippen LogP contribution in [-0.2, 0) is 19.0 Å². The molecule has 0 radical (unpaired) electrons. The highest BCUT2D eigenvalue weighted by molar-refractivity contribution is 7.98. The number of nitrogens with zero attached hydrogens (tertiary/aromatic N) is 4. The van der Waals surface area contributed by atoms with Gasteiger partial charge in [-0.1, -0.05) is 0 Å². The van der Waals surface area contributed by atoms with Gasteiger partial charge in [0.1, 0.15) is 29.6 Å². The molecular weight excluding hydrogens is 424 g/mol. The molecule has 3 N–H and O–H groups in total. The van der Waals surface area contributed by atoms with Gasteiger partial charge in [0.05, 0.1) is 12.4 Å². The standard InChI is InChI=1S/C19H28N6O5S/c1-10(24-18(27)30-19(2,3)4)17(26)29-12-6-11(7-31-5)28-16(12)25-9-23-13-14(20)21-8-22-15(13)25/h8-12,16H,6-7H2,1-5H3,(H,24,27)(H2,20,21,22)/t10-,11+,12-,16-/m1/s1. The van der Waals surface area contributed by atoms with E-state index < -0.39 is 36.0 Å². The Morgan fingerprint density at radius 3 is 2.81 bits per heavy atom. The van der Waals surface area contributed by atoms with E-state index in [-0.39, 0.29) is 11.9 Å². The number of carbonyl (C=O) groups excluding carboxylic acids is 2. The largest absolute Gasteiger partial charge is 0.456 e. The predicted molar refractivity (Wildman–Crippen MR) is 115 cm³/mol. The normalized spacial score (nSPS) is 22.3. The van der Waals surface area contributed by atoms with Crippen molar-refractivity contribution >= 4 is 40.8 Å². The van der Waals surface area contributed by atoms with Gasteiger partial charge in [-0.2, -0.15) is 11.8 Å². The van der Waals surface area contributed by atoms with E-state index in [2.05, 4.69) is 20.3 Å². The number of nitrogens with two attached hydrogens (primary N) is 1. The Hall–Kier alpha value is -2.60. The van der Waals surface area contributed by atoms with Crippen LogP contribution in [-0.4, -0.2) is 67.4 Å². The fraction of sp³-hybridized carbons (Fsp3) is 0.632. The maximum absolute atomic E-state index is 12.7. The molecule has 0 saturated carbocycles. The number of hydrogen-bond donors (Lipinski definition) is 2. The average molecular weight is 453 g/mol. The van der Waals surface area contributed by atoms with Crippen LogP contribution >= 0.6 is 11.8 Å². The highest BCUT2D eigenvalue weighted by Gasteiger charge is 2.40. The molecule has 0 bridgehead atoms. The number of imidazole rings is 1. The fourth-order valence-corrected chi connectivity index (χ4v) is 3.80. The molecule has 3 rings (SSSR count). The lowest BCUT2D eigenvalue weighted by Crippen LogP contribution is -2.43. The van der Waals surface area contributed by atoms with E-state index in [0.717, 1.165) is 5.75 Å². The van der Waals surface area contributed by atoms with Gasteiger partial charge in [-0.25, -0.2) is 24.5 Å². The number of nitrogens with one attached hydrogen (secondary N) is 1. The number of ether oxygens (including phenoxy) is 3. The third-order valence-electron chi connectivity index (χ3n) is 4.51. The number of esters is 1. The van der Waals surface area contributed by atoms with Gasteiger partial charge < -0.3 is 25.3 Å². The Bertz CT molecular complexity index is 946. The number of rotatable bonds is 6. The van der Waals surface area contributed by atoms with Crippen molar-refractivity contribution in [2.75, 3.05) is 17.7 Å². The lowest BCUT2D eigenvalue weighted by Gasteiger charge is -2.24. The summed E-state index contributed by atoms with van der Waals surface area (Å²) in [6, 6.07) is -0.896. The molecule has 12 heteroatoms. The van der Waals surface area contributed by atoms with Crippen molar-refractivity contribution in [2.24, 2.45) is 0 Å². The van der Waals surface area contributed by atoms with Gasteiger partial charge in [-0.15, -0.1) is 0 Å². The SMILES string of the molecule is CSC[C@@H]1C[C@@H](OC(=O)[C@@H](C)NC(=O)OC(C)(C)C)[C@H](n2cnc3c(N)ncnc32)O1. The quantitative estimate of drug-likeness (QED) is 0.623. The van der Waals surface area contributed by atoms with E-state index in [9.17, 15) is 9.59 Å². The summed E-state index contributed by atoms with van der Waals surface area (Å²) in [6.07, 6.45) is 3.33. The highest BCUT2D eigenvalue weighted by Crippen LogP contribution is 2.34. The molecule has 0 aliphatic carbocycles. The smallest absolute Gasteiger partial charge is 0.408 e. The van der Waals surface area contributed by atoms with Crippen molar-refractivity contribution in [1.29, 1.82) is 0 Å². The Morgan fingerprint density at radius 2 is 2.13 bits per heavy atom. The molecule has 0 aromatic carbocycles. The monoisotopic (exact) mass is 452 g/mol. The van der Waals surface area contributed by atoms with Crippen LogP contribution in [0.2, 0.25) is 0 Å². The maximum atomic E-state index is 12.7. The van der Waals surface area contributed by atoms with Crippen molar-refractivity contribution in [3.8, 4) is 0 Å². The van der Waals surface area contributed by atoms with Crippen LogP contribution in [0.1, 0.15) is 40.3 Å². The summed E-state index contributed by atoms with van der Waals surface area (Å²) in [5.41, 5.74) is 6.15. The van der Waals surface area contributed by atoms with Crippen LogP contribution in [0.4, 0.5) is 10.6 Å². The van der Waals surface area contributed by atoms with Gasteiger partial charge in [0.2, 0.25) is 0 Å². The van der Waals surface area contributed by atoms with E-state index in [1.54, 1.807) is 43.4 Å². The summed E-state index contributed by atoms with van der Waals surface area (Å²) >= 11 is 1.64. The maximum Gasteiger partial charge on any atom is 0.408 e. The second kappa shape index (κ2) is 9.27. The highest BCUT2D eigenvalue weighted by atomic mass is 32.2. The minimum absolute atomic E-state index is 0.122. The first-order valence-electron chi connectivity index (χ1n) is 9.86. The van der Waals surface area contributed by atoms with E-state index in [0.29, 0.717) is 17.6 Å². The lowest BCUT2D eigenvalue weighted by molar-refractivity contribution is -0.156. The molecule has 2 aromatic rings. The molecule has 0 spiro atoms. The van der Waals surface area contributed by atoms with Gasteiger partial charge in [0, 0.05) is 12.2 Å². The zero-order valence-electron chi connectivity index (χ0n) is 18.2. The van der Waals surface area contributed by atoms with Crippen LogP contribution in [0.15, 0.2) is 12.7 Å². The Kier molecular flexibility index (Phi) is 6.90. The molecule has 1 saturated heterocycles. The predicted octanol–water partition coefficient (Wildman–Crippen LogP) is 1.88. The molecule has 0 unspecified atom stereocenters. The van der Waals surface area contributed by atoms with Gasteiger partial charge in [0.15, 0.2) is 17.7 Å². The van der Waals surface area contributed by atoms with Gasteiger partial charge in [0.25, 0.3) is 0 Å². The van der Waals surface area contributed by atoms with Crippen molar-refractivity contribution in [1.82, 2.24) is 24.8 Å². The van der Waals surface area contributed by atoms with E-state index in [1.807, 2.05) is 6.26 Å². The van der Waals surface area contributed by atoms with Crippen molar-refractivity contribution < 1.29 is 23.8 Å². The average Bonchev–Trinajstić information content (AvgIpc) is 3.25. The van der Waals surface area contributed by atoms with Crippen LogP contribution in [0, 0.1) is 0 Å². The number of carbonyl (C=O) groups is 2. The number of anilines is 1. The first-order chi connectivity index (χ1) is 14.6. The zero-order chi connectivity index (χ0) is 22.8. The molecule has 170 valence electrons. The number of aromatic nitrogens is 4. The van der Waals surface area contributed by atoms with Gasteiger partial charge in [-0.05, 0) is 34.0 Å². The van der Waals surface area contributed by atoms with Crippen molar-refractivity contribution in [3.05, 3.63) is 12.7 Å². The van der Waals surface area contributed by atoms with Crippen LogP contribution < -0.4 is 11.1 Å². The summed E-state index contributed by atoms with van der Waals surface area (Å²) in [4.78, 5) is 37.1. The minimum Gasteiger partial charge on any atom is -0.456 e. The number of thioether (sulfide) groups is 1. The molecule has 1 aliphatic rings. The van der Waals surface area contributed by atoms with Crippen LogP contribution in [0.25, 0.3) is 11.2 Å². The zero-order valence-corrected chi connectivity index (χ0v) is 19.0. The molecule has 1 amide bonds. The Labute approximate surface area is 184 Å². The number of alkyl carbamates (subject to hydrolysis) is 1. The molecule has 2 aromatic heterocycles. The second-order valence-corrected chi connectivity index (χ2v) is 9.18. The molecule has 4 atom stereocenters. The first kappa shape index (κ1) is 23.1. The summed E-state index contributed by atoms with van der Waals surface area (Å²) in [6.45, 7) is 6.77. The molecule has 1 aliphatic heterocycles. The van der Waals surface area contributed by atoms with Crippen molar-refractivity contribution in [3.63, 3.8) is 0 Å². The topological polar surface area (TPSA) is 143 Å². The number of nitrogen functional groups attached to an aromatic ring is 1. The molecule has 1 fully saturated rings. The molecule has 31 heavy (non-hydrogen) atoms. The van der Waals surface area contributed by atoms with Gasteiger partial charge >= 0.3 is 12.1 Å². The van der Waals surface area contributed by atoms with Crippen LogP contribution in [0.5, 0.6) is 0 Å². The number of amides is 1. The summed E-state index contributed by atoms with van der Waals surface area (Å²) in [7, 11) is 0. The fourth-order valence-electron chi connectivity index (χ4n) is 3.21. The summed E-state index contributed by atoms with van der Waals surface area (Å²) in [5.74, 6) is 0.402. The van der Waals surface area contributed by atoms with Crippen LogP contribution in [0.3, 0.4) is 0 Å².